The molecule has 0 aromatic heterocycles. The normalized spacial score (nSPS) is 9.83. The molecule has 0 heterocycles. The topological polar surface area (TPSA) is 84.7 Å². The van der Waals surface area contributed by atoms with Crippen molar-refractivity contribution in [3.63, 3.8) is 0 Å². The number of hydrogen-bond acceptors (Lipinski definition) is 4. The van der Waals surface area contributed by atoms with Gasteiger partial charge < -0.3 is 10.1 Å². The second-order valence-corrected chi connectivity index (χ2v) is 3.65. The Labute approximate surface area is 103 Å². The highest BCUT2D eigenvalue weighted by molar-refractivity contribution is 6.02. The lowest BCUT2D eigenvalue weighted by atomic mass is 10.1. The van der Waals surface area contributed by atoms with Gasteiger partial charge in [-0.15, -0.1) is 0 Å². The maximum absolute atomic E-state index is 13.7. The maximum Gasteiger partial charge on any atom is 0.340 e. The van der Waals surface area contributed by atoms with E-state index in [1.165, 1.54) is 20.2 Å². The van der Waals surface area contributed by atoms with Crippen LogP contribution >= 0.6 is 0 Å². The van der Waals surface area contributed by atoms with Gasteiger partial charge in [-0.3, -0.25) is 5.01 Å². The zero-order chi connectivity index (χ0) is 13.9. The van der Waals surface area contributed by atoms with Gasteiger partial charge in [0.05, 0.1) is 18.4 Å². The van der Waals surface area contributed by atoms with Crippen molar-refractivity contribution >= 4 is 17.7 Å². The van der Waals surface area contributed by atoms with E-state index in [9.17, 15) is 14.0 Å². The Kier molecular flexibility index (Phi) is 4.22. The number of aryl methyl sites for hydroxylation is 1. The number of hydrazine groups is 1. The van der Waals surface area contributed by atoms with Crippen molar-refractivity contribution < 1.29 is 18.7 Å². The molecular formula is C11H14FN3O3. The number of carbonyl (C=O) groups excluding carboxylic acids is 2. The molecule has 0 spiro atoms. The molecule has 0 bridgehead atoms. The molecule has 0 aliphatic carbocycles. The van der Waals surface area contributed by atoms with Crippen molar-refractivity contribution in [1.29, 1.82) is 0 Å². The first kappa shape index (κ1) is 13.9. The number of esters is 1. The first-order chi connectivity index (χ1) is 8.38. The van der Waals surface area contributed by atoms with Gasteiger partial charge in [0.25, 0.3) is 0 Å². The lowest BCUT2D eigenvalue weighted by Crippen LogP contribution is -2.37. The van der Waals surface area contributed by atoms with Crippen molar-refractivity contribution in [2.24, 2.45) is 5.84 Å². The molecule has 0 saturated carbocycles. The highest BCUT2D eigenvalue weighted by atomic mass is 19.1. The minimum absolute atomic E-state index is 0.0345. The maximum atomic E-state index is 13.7. The van der Waals surface area contributed by atoms with Crippen molar-refractivity contribution in [2.45, 2.75) is 6.92 Å². The van der Waals surface area contributed by atoms with Gasteiger partial charge in [-0.2, -0.15) is 0 Å². The van der Waals surface area contributed by atoms with E-state index >= 15 is 0 Å². The van der Waals surface area contributed by atoms with Gasteiger partial charge in [-0.1, -0.05) is 6.07 Å². The third-order valence-corrected chi connectivity index (χ3v) is 2.30. The lowest BCUT2D eigenvalue weighted by Gasteiger charge is -2.15. The molecule has 1 aromatic rings. The van der Waals surface area contributed by atoms with Crippen LogP contribution in [0.2, 0.25) is 0 Å². The summed E-state index contributed by atoms with van der Waals surface area (Å²) in [6.45, 7) is 1.60. The molecule has 0 radical (unpaired) electrons. The minimum Gasteiger partial charge on any atom is -0.465 e. The van der Waals surface area contributed by atoms with Gasteiger partial charge in [0.1, 0.15) is 5.82 Å². The summed E-state index contributed by atoms with van der Waals surface area (Å²) in [5.41, 5.74) is 0.204. The fraction of sp³-hybridized carbons (Fsp3) is 0.273. The summed E-state index contributed by atoms with van der Waals surface area (Å²) >= 11 is 0. The minimum atomic E-state index is -0.746. The number of hydrogen-bond donors (Lipinski definition) is 2. The number of anilines is 1. The second kappa shape index (κ2) is 5.46. The number of nitrogens with zero attached hydrogens (tertiary/aromatic N) is 1. The summed E-state index contributed by atoms with van der Waals surface area (Å²) in [4.78, 5) is 23.0. The number of amides is 2. The Bertz CT molecular complexity index is 489. The molecule has 0 unspecified atom stereocenters. The number of nitrogens with one attached hydrogen (secondary N) is 1. The highest BCUT2D eigenvalue weighted by Crippen LogP contribution is 2.24. The van der Waals surface area contributed by atoms with E-state index in [2.05, 4.69) is 10.1 Å². The van der Waals surface area contributed by atoms with Crippen LogP contribution in [0.25, 0.3) is 0 Å². The van der Waals surface area contributed by atoms with Crippen LogP contribution in [0.3, 0.4) is 0 Å². The van der Waals surface area contributed by atoms with E-state index in [1.807, 2.05) is 0 Å². The Morgan fingerprint density at radius 1 is 1.44 bits per heavy atom. The predicted octanol–water partition coefficient (Wildman–Crippen LogP) is 1.26. The zero-order valence-corrected chi connectivity index (χ0v) is 10.3. The first-order valence-corrected chi connectivity index (χ1v) is 5.05. The SMILES string of the molecule is COC(=O)c1c(C)ccc(F)c1NC(=O)N(C)N. The van der Waals surface area contributed by atoms with Gasteiger partial charge >= 0.3 is 12.0 Å². The van der Waals surface area contributed by atoms with Gasteiger partial charge in [-0.25, -0.2) is 19.8 Å². The van der Waals surface area contributed by atoms with Crippen molar-refractivity contribution in [1.82, 2.24) is 5.01 Å². The summed E-state index contributed by atoms with van der Waals surface area (Å²) in [6, 6.07) is 1.82. The van der Waals surface area contributed by atoms with Gasteiger partial charge in [0.2, 0.25) is 0 Å². The molecule has 18 heavy (non-hydrogen) atoms. The number of halogens is 1. The smallest absolute Gasteiger partial charge is 0.340 e. The van der Waals surface area contributed by atoms with Crippen LogP contribution in [-0.2, 0) is 4.74 Å². The summed E-state index contributed by atoms with van der Waals surface area (Å²) < 4.78 is 18.2. The number of urea groups is 1. The number of methoxy groups -OCH3 is 1. The standard InChI is InChI=1S/C11H14FN3O3/c1-6-4-5-7(12)9(8(6)10(16)18-3)14-11(17)15(2)13/h4-5H,13H2,1-3H3,(H,14,17). The highest BCUT2D eigenvalue weighted by Gasteiger charge is 2.21. The Balaban J connectivity index is 3.28. The largest absolute Gasteiger partial charge is 0.465 e. The predicted molar refractivity (Wildman–Crippen MR) is 63.4 cm³/mol. The van der Waals surface area contributed by atoms with E-state index in [1.54, 1.807) is 6.92 Å². The zero-order valence-electron chi connectivity index (χ0n) is 10.3. The van der Waals surface area contributed by atoms with E-state index in [0.717, 1.165) is 11.1 Å². The van der Waals surface area contributed by atoms with E-state index in [4.69, 9.17) is 5.84 Å². The third kappa shape index (κ3) is 2.75. The molecule has 0 atom stereocenters. The van der Waals surface area contributed by atoms with Crippen molar-refractivity contribution in [2.75, 3.05) is 19.5 Å². The Hall–Kier alpha value is -2.15. The van der Waals surface area contributed by atoms with Gasteiger partial charge in [-0.05, 0) is 18.6 Å². The third-order valence-electron chi connectivity index (χ3n) is 2.30. The monoisotopic (exact) mass is 255 g/mol. The molecule has 3 N–H and O–H groups in total. The first-order valence-electron chi connectivity index (χ1n) is 5.05. The molecule has 2 amide bonds. The average Bonchev–Trinajstić information content (AvgIpc) is 2.33. The summed E-state index contributed by atoms with van der Waals surface area (Å²) in [6.07, 6.45) is 0. The number of ether oxygens (including phenoxy) is 1. The van der Waals surface area contributed by atoms with Crippen LogP contribution in [-0.4, -0.2) is 31.2 Å². The molecular weight excluding hydrogens is 241 g/mol. The van der Waals surface area contributed by atoms with Crippen LogP contribution in [0.1, 0.15) is 15.9 Å². The molecule has 0 aliphatic rings. The molecule has 7 heteroatoms. The van der Waals surface area contributed by atoms with E-state index in [0.29, 0.717) is 5.56 Å². The van der Waals surface area contributed by atoms with E-state index in [-0.39, 0.29) is 11.3 Å². The van der Waals surface area contributed by atoms with Gasteiger partial charge in [0, 0.05) is 7.05 Å². The molecule has 98 valence electrons. The van der Waals surface area contributed by atoms with Crippen LogP contribution in [0.15, 0.2) is 12.1 Å². The van der Waals surface area contributed by atoms with Crippen LogP contribution in [0.5, 0.6) is 0 Å². The lowest BCUT2D eigenvalue weighted by molar-refractivity contribution is 0.0600. The molecule has 6 nitrogen and oxygen atoms in total. The Morgan fingerprint density at radius 3 is 2.56 bits per heavy atom. The molecule has 0 fully saturated rings. The molecule has 0 saturated heterocycles. The summed E-state index contributed by atoms with van der Waals surface area (Å²) in [5.74, 6) is 3.74. The van der Waals surface area contributed by atoms with E-state index < -0.39 is 17.8 Å². The molecule has 1 rings (SSSR count). The van der Waals surface area contributed by atoms with Crippen LogP contribution in [0, 0.1) is 12.7 Å². The molecule has 0 aliphatic heterocycles. The number of benzene rings is 1. The number of rotatable bonds is 2. The fourth-order valence-electron chi connectivity index (χ4n) is 1.36. The fourth-order valence-corrected chi connectivity index (χ4v) is 1.36. The summed E-state index contributed by atoms with van der Waals surface area (Å²) in [5, 5.41) is 2.96. The summed E-state index contributed by atoms with van der Waals surface area (Å²) in [7, 11) is 2.47. The molecule has 1 aromatic carbocycles. The number of nitrogens with two attached hydrogens (primary N) is 1. The quantitative estimate of drug-likeness (QED) is 0.360. The van der Waals surface area contributed by atoms with Crippen molar-refractivity contribution in [3.8, 4) is 0 Å². The van der Waals surface area contributed by atoms with Crippen LogP contribution < -0.4 is 11.2 Å². The number of carbonyl (C=O) groups is 2. The second-order valence-electron chi connectivity index (χ2n) is 3.65. The average molecular weight is 255 g/mol. The Morgan fingerprint density at radius 2 is 2.06 bits per heavy atom. The van der Waals surface area contributed by atoms with Gasteiger partial charge in [0.15, 0.2) is 0 Å². The van der Waals surface area contributed by atoms with Crippen molar-refractivity contribution in [3.05, 3.63) is 29.1 Å². The van der Waals surface area contributed by atoms with Crippen LogP contribution in [0.4, 0.5) is 14.9 Å².